The van der Waals surface area contributed by atoms with E-state index in [1.54, 1.807) is 0 Å². The Hall–Kier alpha value is -0.760. The van der Waals surface area contributed by atoms with Crippen molar-refractivity contribution in [1.82, 2.24) is 4.31 Å². The third kappa shape index (κ3) is 2.95. The fourth-order valence-electron chi connectivity index (χ4n) is 2.18. The first-order chi connectivity index (χ1) is 9.36. The molecule has 0 radical (unpaired) electrons. The molecule has 0 aromatic heterocycles. The SMILES string of the molecule is CC1=CCCN(S(=O)(=O)c2cc(Br)cc(CN)c2F)C1. The maximum absolute atomic E-state index is 14.3. The number of nitrogens with zero attached hydrogens (tertiary/aromatic N) is 1. The highest BCUT2D eigenvalue weighted by atomic mass is 79.9. The number of halogens is 2. The van der Waals surface area contributed by atoms with Gasteiger partial charge in [0.1, 0.15) is 10.7 Å². The zero-order chi connectivity index (χ0) is 14.9. The zero-order valence-corrected chi connectivity index (χ0v) is 13.5. The van der Waals surface area contributed by atoms with E-state index in [9.17, 15) is 12.8 Å². The lowest BCUT2D eigenvalue weighted by molar-refractivity contribution is 0.423. The number of nitrogens with two attached hydrogens (primary N) is 1. The van der Waals surface area contributed by atoms with Gasteiger partial charge in [0.2, 0.25) is 10.0 Å². The summed E-state index contributed by atoms with van der Waals surface area (Å²) in [6.07, 6.45) is 2.64. The third-order valence-corrected chi connectivity index (χ3v) is 5.52. The number of rotatable bonds is 3. The van der Waals surface area contributed by atoms with Crippen LogP contribution in [0.25, 0.3) is 0 Å². The van der Waals surface area contributed by atoms with E-state index >= 15 is 0 Å². The topological polar surface area (TPSA) is 63.4 Å². The van der Waals surface area contributed by atoms with Crippen LogP contribution in [-0.2, 0) is 16.6 Å². The molecule has 0 amide bonds. The quantitative estimate of drug-likeness (QED) is 0.839. The Morgan fingerprint density at radius 3 is 2.75 bits per heavy atom. The van der Waals surface area contributed by atoms with E-state index in [0.29, 0.717) is 24.0 Å². The second-order valence-electron chi connectivity index (χ2n) is 4.76. The highest BCUT2D eigenvalue weighted by Crippen LogP contribution is 2.28. The van der Waals surface area contributed by atoms with Crippen LogP contribution in [0.5, 0.6) is 0 Å². The molecular formula is C13H16BrFN2O2S. The van der Waals surface area contributed by atoms with Crippen LogP contribution in [0.2, 0.25) is 0 Å². The minimum absolute atomic E-state index is 0.0489. The van der Waals surface area contributed by atoms with E-state index in [-0.39, 0.29) is 17.0 Å². The van der Waals surface area contributed by atoms with Crippen molar-refractivity contribution in [3.63, 3.8) is 0 Å². The monoisotopic (exact) mass is 362 g/mol. The number of sulfonamides is 1. The number of hydrogen-bond donors (Lipinski definition) is 1. The summed E-state index contributed by atoms with van der Waals surface area (Å²) in [6, 6.07) is 2.78. The molecule has 7 heteroatoms. The van der Waals surface area contributed by atoms with Gasteiger partial charge in [-0.2, -0.15) is 4.31 Å². The van der Waals surface area contributed by atoms with Crippen molar-refractivity contribution in [2.75, 3.05) is 13.1 Å². The standard InChI is InChI=1S/C13H16BrFN2O2S/c1-9-3-2-4-17(8-9)20(18,19)12-6-11(14)5-10(7-16)13(12)15/h3,5-6H,2,4,7-8,16H2,1H3. The van der Waals surface area contributed by atoms with Crippen molar-refractivity contribution in [2.24, 2.45) is 5.73 Å². The molecule has 1 heterocycles. The normalized spacial score (nSPS) is 17.1. The minimum atomic E-state index is -3.85. The maximum Gasteiger partial charge on any atom is 0.246 e. The Morgan fingerprint density at radius 2 is 2.15 bits per heavy atom. The van der Waals surface area contributed by atoms with E-state index in [4.69, 9.17) is 5.73 Å². The molecule has 2 rings (SSSR count). The van der Waals surface area contributed by atoms with Crippen LogP contribution >= 0.6 is 15.9 Å². The number of hydrogen-bond acceptors (Lipinski definition) is 3. The summed E-state index contributed by atoms with van der Waals surface area (Å²) >= 11 is 3.20. The smallest absolute Gasteiger partial charge is 0.246 e. The molecule has 4 nitrogen and oxygen atoms in total. The Bertz CT molecular complexity index is 659. The zero-order valence-electron chi connectivity index (χ0n) is 11.1. The van der Waals surface area contributed by atoms with Gasteiger partial charge < -0.3 is 5.73 Å². The van der Waals surface area contributed by atoms with Gasteiger partial charge in [-0.25, -0.2) is 12.8 Å². The first kappa shape index (κ1) is 15.6. The largest absolute Gasteiger partial charge is 0.326 e. The highest BCUT2D eigenvalue weighted by molar-refractivity contribution is 9.10. The Balaban J connectivity index is 2.50. The first-order valence-electron chi connectivity index (χ1n) is 6.20. The molecule has 1 aromatic carbocycles. The van der Waals surface area contributed by atoms with Gasteiger partial charge in [-0.05, 0) is 25.5 Å². The summed E-state index contributed by atoms with van der Waals surface area (Å²) in [4.78, 5) is -0.318. The summed E-state index contributed by atoms with van der Waals surface area (Å²) in [7, 11) is -3.85. The molecule has 1 aliphatic heterocycles. The summed E-state index contributed by atoms with van der Waals surface area (Å²) in [6.45, 7) is 2.48. The van der Waals surface area contributed by atoms with Crippen LogP contribution in [0.15, 0.2) is 33.2 Å². The van der Waals surface area contributed by atoms with Crippen LogP contribution in [0.4, 0.5) is 4.39 Å². The van der Waals surface area contributed by atoms with Crippen molar-refractivity contribution in [2.45, 2.75) is 24.8 Å². The molecule has 0 bridgehead atoms. The Labute approximate surface area is 126 Å². The molecule has 1 aliphatic rings. The predicted octanol–water partition coefficient (Wildman–Crippen LogP) is 2.39. The molecule has 0 saturated heterocycles. The predicted molar refractivity (Wildman–Crippen MR) is 79.1 cm³/mol. The molecule has 0 aliphatic carbocycles. The van der Waals surface area contributed by atoms with Crippen molar-refractivity contribution in [3.8, 4) is 0 Å². The van der Waals surface area contributed by atoms with Gasteiger partial charge in [-0.1, -0.05) is 27.6 Å². The van der Waals surface area contributed by atoms with Gasteiger partial charge in [0.25, 0.3) is 0 Å². The van der Waals surface area contributed by atoms with Gasteiger partial charge in [0.05, 0.1) is 0 Å². The van der Waals surface area contributed by atoms with Crippen LogP contribution in [0.3, 0.4) is 0 Å². The average Bonchev–Trinajstić information content (AvgIpc) is 2.40. The molecular weight excluding hydrogens is 347 g/mol. The van der Waals surface area contributed by atoms with Crippen LogP contribution in [0.1, 0.15) is 18.9 Å². The van der Waals surface area contributed by atoms with E-state index < -0.39 is 15.8 Å². The van der Waals surface area contributed by atoms with E-state index in [2.05, 4.69) is 15.9 Å². The molecule has 0 saturated carbocycles. The molecule has 0 atom stereocenters. The fraction of sp³-hybridized carbons (Fsp3) is 0.385. The van der Waals surface area contributed by atoms with Crippen LogP contribution in [-0.4, -0.2) is 25.8 Å². The lowest BCUT2D eigenvalue weighted by Crippen LogP contribution is -2.36. The Morgan fingerprint density at radius 1 is 1.45 bits per heavy atom. The fourth-order valence-corrected chi connectivity index (χ4v) is 4.46. The van der Waals surface area contributed by atoms with Crippen molar-refractivity contribution >= 4 is 26.0 Å². The molecule has 0 fully saturated rings. The molecule has 0 spiro atoms. The van der Waals surface area contributed by atoms with Crippen molar-refractivity contribution < 1.29 is 12.8 Å². The minimum Gasteiger partial charge on any atom is -0.326 e. The highest BCUT2D eigenvalue weighted by Gasteiger charge is 2.30. The second kappa shape index (κ2) is 5.93. The van der Waals surface area contributed by atoms with Gasteiger partial charge in [-0.15, -0.1) is 0 Å². The van der Waals surface area contributed by atoms with E-state index in [1.807, 2.05) is 13.0 Å². The molecule has 110 valence electrons. The van der Waals surface area contributed by atoms with Gasteiger partial charge in [0.15, 0.2) is 0 Å². The van der Waals surface area contributed by atoms with Gasteiger partial charge >= 0.3 is 0 Å². The van der Waals surface area contributed by atoms with Crippen LogP contribution < -0.4 is 5.73 Å². The van der Waals surface area contributed by atoms with Gasteiger partial charge in [-0.3, -0.25) is 0 Å². The molecule has 20 heavy (non-hydrogen) atoms. The van der Waals surface area contributed by atoms with Gasteiger partial charge in [0, 0.05) is 29.7 Å². The summed E-state index contributed by atoms with van der Waals surface area (Å²) in [5, 5.41) is 0. The summed E-state index contributed by atoms with van der Waals surface area (Å²) in [5.74, 6) is -0.761. The second-order valence-corrected chi connectivity index (χ2v) is 7.58. The van der Waals surface area contributed by atoms with Crippen LogP contribution in [0, 0.1) is 5.82 Å². The summed E-state index contributed by atoms with van der Waals surface area (Å²) < 4.78 is 41.2. The third-order valence-electron chi connectivity index (χ3n) is 3.21. The van der Waals surface area contributed by atoms with E-state index in [1.165, 1.54) is 16.4 Å². The maximum atomic E-state index is 14.3. The number of benzene rings is 1. The lowest BCUT2D eigenvalue weighted by Gasteiger charge is -2.26. The molecule has 2 N–H and O–H groups in total. The van der Waals surface area contributed by atoms with Crippen molar-refractivity contribution in [3.05, 3.63) is 39.6 Å². The molecule has 1 aromatic rings. The molecule has 0 unspecified atom stereocenters. The Kier molecular flexibility index (Phi) is 4.63. The van der Waals surface area contributed by atoms with Crippen molar-refractivity contribution in [1.29, 1.82) is 0 Å². The summed E-state index contributed by atoms with van der Waals surface area (Å²) in [5.41, 5.74) is 6.60. The lowest BCUT2D eigenvalue weighted by atomic mass is 10.2. The van der Waals surface area contributed by atoms with E-state index in [0.717, 1.165) is 5.57 Å². The first-order valence-corrected chi connectivity index (χ1v) is 8.43. The average molecular weight is 363 g/mol.